The molecule has 0 aromatic carbocycles. The molecule has 0 spiro atoms. The number of unbranched alkanes of at least 4 members (excludes halogenated alkanes) is 2. The van der Waals surface area contributed by atoms with Gasteiger partial charge in [-0.1, -0.05) is 25.0 Å². The highest BCUT2D eigenvalue weighted by atomic mass is 16.5. The maximum absolute atomic E-state index is 6.17. The molecule has 3 rings (SSSR count). The van der Waals surface area contributed by atoms with Gasteiger partial charge in [0, 0.05) is 18.8 Å². The Morgan fingerprint density at radius 1 is 1.21 bits per heavy atom. The predicted octanol–water partition coefficient (Wildman–Crippen LogP) is 3.77. The summed E-state index contributed by atoms with van der Waals surface area (Å²) in [6.07, 6.45) is 9.67. The summed E-state index contributed by atoms with van der Waals surface area (Å²) in [5.74, 6) is 0.844. The average molecular weight is 266 g/mol. The van der Waals surface area contributed by atoms with E-state index in [9.17, 15) is 0 Å². The Bertz CT molecular complexity index is 298. The van der Waals surface area contributed by atoms with Gasteiger partial charge in [-0.2, -0.15) is 0 Å². The van der Waals surface area contributed by atoms with Gasteiger partial charge in [0.2, 0.25) is 0 Å². The van der Waals surface area contributed by atoms with E-state index in [1.807, 2.05) is 0 Å². The van der Waals surface area contributed by atoms with E-state index >= 15 is 0 Å². The van der Waals surface area contributed by atoms with Gasteiger partial charge in [0.05, 0.1) is 26.2 Å². The topological polar surface area (TPSA) is 9.23 Å². The van der Waals surface area contributed by atoms with E-state index in [0.717, 1.165) is 12.5 Å². The molecule has 3 fully saturated rings. The molecule has 0 N–H and O–H groups in total. The molecular formula is C17H32NO+. The van der Waals surface area contributed by atoms with E-state index in [4.69, 9.17) is 4.74 Å². The Hall–Kier alpha value is -0.340. The lowest BCUT2D eigenvalue weighted by Crippen LogP contribution is -2.64. The maximum Gasteiger partial charge on any atom is 0.110 e. The van der Waals surface area contributed by atoms with E-state index in [2.05, 4.69) is 26.8 Å². The first kappa shape index (κ1) is 15.1. The van der Waals surface area contributed by atoms with Gasteiger partial charge >= 0.3 is 0 Å². The van der Waals surface area contributed by atoms with Crippen LogP contribution in [0.1, 0.15) is 52.9 Å². The second-order valence-electron chi connectivity index (χ2n) is 6.89. The van der Waals surface area contributed by atoms with Crippen LogP contribution in [0, 0.1) is 5.92 Å². The van der Waals surface area contributed by atoms with Gasteiger partial charge in [-0.3, -0.25) is 0 Å². The van der Waals surface area contributed by atoms with Crippen LogP contribution in [-0.4, -0.2) is 43.4 Å². The molecule has 2 heteroatoms. The Balaban J connectivity index is 1.84. The van der Waals surface area contributed by atoms with Gasteiger partial charge < -0.3 is 9.22 Å². The molecule has 0 aliphatic carbocycles. The maximum atomic E-state index is 6.17. The first-order valence-electron chi connectivity index (χ1n) is 8.25. The monoisotopic (exact) mass is 266 g/mol. The number of quaternary nitrogens is 1. The van der Waals surface area contributed by atoms with Gasteiger partial charge in [0.15, 0.2) is 0 Å². The van der Waals surface area contributed by atoms with Gasteiger partial charge in [0.25, 0.3) is 0 Å². The molecule has 1 unspecified atom stereocenters. The van der Waals surface area contributed by atoms with Crippen LogP contribution in [0.3, 0.4) is 0 Å². The molecule has 3 heterocycles. The van der Waals surface area contributed by atoms with Crippen LogP contribution in [0.5, 0.6) is 0 Å². The molecule has 0 saturated carbocycles. The number of hydrogen-bond donors (Lipinski definition) is 0. The number of allylic oxidation sites excluding steroid dienone is 1. The molecule has 110 valence electrons. The van der Waals surface area contributed by atoms with Gasteiger partial charge in [-0.25, -0.2) is 0 Å². The minimum atomic E-state index is 0.528. The fourth-order valence-electron chi connectivity index (χ4n) is 3.76. The van der Waals surface area contributed by atoms with Crippen LogP contribution in [0.4, 0.5) is 0 Å². The molecule has 0 aromatic heterocycles. The minimum Gasteiger partial charge on any atom is -0.368 e. The van der Waals surface area contributed by atoms with Crippen molar-refractivity contribution in [3.8, 4) is 0 Å². The largest absolute Gasteiger partial charge is 0.368 e. The fourth-order valence-corrected chi connectivity index (χ4v) is 3.76. The van der Waals surface area contributed by atoms with E-state index in [0.29, 0.717) is 6.10 Å². The molecular weight excluding hydrogens is 234 g/mol. The zero-order chi connectivity index (χ0) is 13.7. The zero-order valence-corrected chi connectivity index (χ0v) is 13.2. The first-order chi connectivity index (χ1) is 9.15. The van der Waals surface area contributed by atoms with Crippen LogP contribution < -0.4 is 0 Å². The number of fused-ring (bicyclic) bond motifs is 3. The van der Waals surface area contributed by atoms with E-state index < -0.39 is 0 Å². The van der Waals surface area contributed by atoms with Gasteiger partial charge in [0.1, 0.15) is 12.6 Å². The number of piperidine rings is 3. The van der Waals surface area contributed by atoms with Crippen molar-refractivity contribution < 1.29 is 9.22 Å². The van der Waals surface area contributed by atoms with Gasteiger partial charge in [-0.15, -0.1) is 0 Å². The van der Waals surface area contributed by atoms with Crippen molar-refractivity contribution in [2.45, 2.75) is 59.0 Å². The van der Waals surface area contributed by atoms with Crippen LogP contribution in [0.2, 0.25) is 0 Å². The quantitative estimate of drug-likeness (QED) is 0.387. The first-order valence-corrected chi connectivity index (χ1v) is 8.25. The third-order valence-electron chi connectivity index (χ3n) is 5.08. The van der Waals surface area contributed by atoms with Crippen LogP contribution in [0.25, 0.3) is 0 Å². The minimum absolute atomic E-state index is 0.528. The van der Waals surface area contributed by atoms with E-state index in [-0.39, 0.29) is 0 Å². The van der Waals surface area contributed by atoms with Crippen molar-refractivity contribution in [2.75, 3.05) is 32.8 Å². The second-order valence-corrected chi connectivity index (χ2v) is 6.89. The number of ether oxygens (including phenoxy) is 1. The van der Waals surface area contributed by atoms with E-state index in [1.165, 1.54) is 68.3 Å². The van der Waals surface area contributed by atoms with Crippen molar-refractivity contribution in [1.82, 2.24) is 0 Å². The lowest BCUT2D eigenvalue weighted by molar-refractivity contribution is -0.946. The Labute approximate surface area is 119 Å². The highest BCUT2D eigenvalue weighted by Gasteiger charge is 2.45. The zero-order valence-electron chi connectivity index (χ0n) is 13.2. The molecule has 3 aliphatic rings. The standard InChI is InChI=1S/C17H32NO/c1-4-5-6-10-18-11-7-16(8-12-18)17(14-18)19-13-9-15(2)3/h9,16-17H,4-8,10-14H2,1-3H3/q+1. The molecule has 1 atom stereocenters. The average Bonchev–Trinajstić information content (AvgIpc) is 2.40. The normalized spacial score (nSPS) is 33.4. The SMILES string of the molecule is CCCCC[N+]12CCC(CC1)C(OCC=C(C)C)C2. The van der Waals surface area contributed by atoms with Crippen molar-refractivity contribution in [1.29, 1.82) is 0 Å². The van der Waals surface area contributed by atoms with Crippen LogP contribution >= 0.6 is 0 Å². The molecule has 0 amide bonds. The molecule has 3 aliphatic heterocycles. The molecule has 0 radical (unpaired) electrons. The third kappa shape index (κ3) is 4.06. The van der Waals surface area contributed by atoms with Crippen molar-refractivity contribution >= 4 is 0 Å². The summed E-state index contributed by atoms with van der Waals surface area (Å²) in [6.45, 7) is 12.9. The Morgan fingerprint density at radius 3 is 2.58 bits per heavy atom. The predicted molar refractivity (Wildman–Crippen MR) is 81.1 cm³/mol. The van der Waals surface area contributed by atoms with Crippen molar-refractivity contribution in [3.63, 3.8) is 0 Å². The summed E-state index contributed by atoms with van der Waals surface area (Å²) >= 11 is 0. The number of hydrogen-bond acceptors (Lipinski definition) is 1. The molecule has 2 nitrogen and oxygen atoms in total. The second kappa shape index (κ2) is 6.90. The summed E-state index contributed by atoms with van der Waals surface area (Å²) < 4.78 is 7.52. The molecule has 0 aromatic rings. The summed E-state index contributed by atoms with van der Waals surface area (Å²) in [6, 6.07) is 0. The highest BCUT2D eigenvalue weighted by Crippen LogP contribution is 2.35. The highest BCUT2D eigenvalue weighted by molar-refractivity contribution is 4.93. The van der Waals surface area contributed by atoms with Crippen LogP contribution in [0.15, 0.2) is 11.6 Å². The molecule has 3 saturated heterocycles. The smallest absolute Gasteiger partial charge is 0.110 e. The summed E-state index contributed by atoms with van der Waals surface area (Å²) in [5.41, 5.74) is 1.37. The summed E-state index contributed by atoms with van der Waals surface area (Å²) in [5, 5.41) is 0. The Kier molecular flexibility index (Phi) is 5.47. The van der Waals surface area contributed by atoms with Crippen molar-refractivity contribution in [3.05, 3.63) is 11.6 Å². The summed E-state index contributed by atoms with van der Waals surface area (Å²) in [4.78, 5) is 0. The molecule has 19 heavy (non-hydrogen) atoms. The van der Waals surface area contributed by atoms with E-state index in [1.54, 1.807) is 0 Å². The Morgan fingerprint density at radius 2 is 1.95 bits per heavy atom. The molecule has 2 bridgehead atoms. The lowest BCUT2D eigenvalue weighted by atomic mass is 9.83. The van der Waals surface area contributed by atoms with Crippen molar-refractivity contribution in [2.24, 2.45) is 5.92 Å². The summed E-state index contributed by atoms with van der Waals surface area (Å²) in [7, 11) is 0. The lowest BCUT2D eigenvalue weighted by Gasteiger charge is -2.52. The fraction of sp³-hybridized carbons (Fsp3) is 0.882. The third-order valence-corrected chi connectivity index (χ3v) is 5.08. The van der Waals surface area contributed by atoms with Gasteiger partial charge in [-0.05, 0) is 26.7 Å². The number of nitrogens with zero attached hydrogens (tertiary/aromatic N) is 1. The van der Waals surface area contributed by atoms with Crippen LogP contribution in [-0.2, 0) is 4.74 Å². The number of rotatable bonds is 7.